The maximum atomic E-state index is 5.83. The van der Waals surface area contributed by atoms with E-state index in [4.69, 9.17) is 14.7 Å². The Morgan fingerprint density at radius 1 is 1.16 bits per heavy atom. The van der Waals surface area contributed by atoms with Gasteiger partial charge in [0.1, 0.15) is 11.5 Å². The quantitative estimate of drug-likeness (QED) is 0.727. The smallest absolute Gasteiger partial charge is 0.251 e. The summed E-state index contributed by atoms with van der Waals surface area (Å²) >= 11 is 0. The minimum absolute atomic E-state index is 0. The fraction of sp³-hybridized carbons (Fsp3) is 0.263. The third kappa shape index (κ3) is 3.83. The lowest BCUT2D eigenvalue weighted by molar-refractivity contribution is 0.411. The number of benzene rings is 1. The molecule has 3 aromatic rings. The Morgan fingerprint density at radius 2 is 1.92 bits per heavy atom. The number of aromatic nitrogens is 2. The monoisotopic (exact) mass is 357 g/mol. The van der Waals surface area contributed by atoms with Crippen LogP contribution in [0.2, 0.25) is 0 Å². The van der Waals surface area contributed by atoms with Gasteiger partial charge >= 0.3 is 0 Å². The van der Waals surface area contributed by atoms with Crippen molar-refractivity contribution in [2.24, 2.45) is 11.7 Å². The molecule has 2 heterocycles. The van der Waals surface area contributed by atoms with Crippen molar-refractivity contribution in [3.05, 3.63) is 59.4 Å². The molecule has 0 spiro atoms. The zero-order chi connectivity index (χ0) is 16.5. The topological polar surface area (TPSA) is 78.1 Å². The SMILES string of the molecule is CC1CC1c1ccc(/C=C/c2nc(-c3ccc(CN)cc3)no2)o1.Cl. The van der Waals surface area contributed by atoms with Gasteiger partial charge in [0.2, 0.25) is 5.82 Å². The summed E-state index contributed by atoms with van der Waals surface area (Å²) in [6, 6.07) is 11.8. The molecule has 0 saturated heterocycles. The number of nitrogens with zero attached hydrogens (tertiary/aromatic N) is 2. The molecular weight excluding hydrogens is 338 g/mol. The summed E-state index contributed by atoms with van der Waals surface area (Å²) in [6.45, 7) is 2.76. The maximum Gasteiger partial charge on any atom is 0.251 e. The summed E-state index contributed by atoms with van der Waals surface area (Å²) in [5, 5.41) is 4.01. The average Bonchev–Trinajstić information content (AvgIpc) is 3.04. The van der Waals surface area contributed by atoms with Gasteiger partial charge in [-0.1, -0.05) is 36.3 Å². The maximum absolute atomic E-state index is 5.83. The molecule has 0 amide bonds. The Morgan fingerprint density at radius 3 is 2.60 bits per heavy atom. The lowest BCUT2D eigenvalue weighted by Gasteiger charge is -1.97. The standard InChI is InChI=1S/C19H19N3O2.ClH/c1-12-10-16(12)17-8-6-15(23-17)7-9-18-21-19(22-24-18)14-4-2-13(11-20)3-5-14;/h2-9,12,16H,10-11,20H2,1H3;1H/b9-7+;. The highest BCUT2D eigenvalue weighted by molar-refractivity contribution is 5.85. The van der Waals surface area contributed by atoms with Crippen LogP contribution in [0.25, 0.3) is 23.5 Å². The van der Waals surface area contributed by atoms with Gasteiger partial charge in [-0.25, -0.2) is 0 Å². The van der Waals surface area contributed by atoms with Crippen LogP contribution in [0.1, 0.15) is 42.2 Å². The minimum atomic E-state index is 0. The normalized spacial score (nSPS) is 19.1. The van der Waals surface area contributed by atoms with Crippen LogP contribution >= 0.6 is 12.4 Å². The summed E-state index contributed by atoms with van der Waals surface area (Å²) in [5.74, 6) is 4.19. The second-order valence-corrected chi connectivity index (χ2v) is 6.25. The molecule has 1 aromatic carbocycles. The predicted octanol–water partition coefficient (Wildman–Crippen LogP) is 4.50. The van der Waals surface area contributed by atoms with Crippen LogP contribution in [0.15, 0.2) is 45.3 Å². The summed E-state index contributed by atoms with van der Waals surface area (Å²) in [6.07, 6.45) is 4.84. The Bertz CT molecular complexity index is 867. The lowest BCUT2D eigenvalue weighted by Crippen LogP contribution is -1.95. The molecule has 2 aromatic heterocycles. The number of halogens is 1. The first kappa shape index (κ1) is 17.5. The second kappa shape index (κ2) is 7.25. The van der Waals surface area contributed by atoms with Crippen molar-refractivity contribution in [2.45, 2.75) is 25.8 Å². The van der Waals surface area contributed by atoms with E-state index in [2.05, 4.69) is 17.1 Å². The van der Waals surface area contributed by atoms with Crippen LogP contribution in [0.4, 0.5) is 0 Å². The molecule has 25 heavy (non-hydrogen) atoms. The molecule has 130 valence electrons. The van der Waals surface area contributed by atoms with Crippen LogP contribution in [-0.4, -0.2) is 10.1 Å². The van der Waals surface area contributed by atoms with Crippen LogP contribution in [0, 0.1) is 5.92 Å². The molecule has 2 unspecified atom stereocenters. The van der Waals surface area contributed by atoms with Gasteiger partial charge in [0.15, 0.2) is 0 Å². The Kier molecular flexibility index (Phi) is 5.06. The molecule has 4 rings (SSSR count). The molecular formula is C19H20ClN3O2. The van der Waals surface area contributed by atoms with Crippen molar-refractivity contribution in [3.8, 4) is 11.4 Å². The molecule has 0 bridgehead atoms. The van der Waals surface area contributed by atoms with E-state index in [0.29, 0.717) is 24.2 Å². The van der Waals surface area contributed by atoms with Crippen molar-refractivity contribution < 1.29 is 8.94 Å². The van der Waals surface area contributed by atoms with Crippen molar-refractivity contribution in [1.29, 1.82) is 0 Å². The first-order valence-corrected chi connectivity index (χ1v) is 8.14. The Hall–Kier alpha value is -2.37. The Balaban J connectivity index is 0.00000182. The summed E-state index contributed by atoms with van der Waals surface area (Å²) in [5.41, 5.74) is 7.57. The van der Waals surface area contributed by atoms with Gasteiger partial charge in [-0.3, -0.25) is 0 Å². The Labute approximate surface area is 152 Å². The van der Waals surface area contributed by atoms with E-state index in [1.807, 2.05) is 42.5 Å². The van der Waals surface area contributed by atoms with E-state index in [-0.39, 0.29) is 12.4 Å². The highest BCUT2D eigenvalue weighted by Crippen LogP contribution is 2.47. The fourth-order valence-electron chi connectivity index (χ4n) is 2.74. The van der Waals surface area contributed by atoms with E-state index in [1.165, 1.54) is 6.42 Å². The van der Waals surface area contributed by atoms with E-state index in [1.54, 1.807) is 6.08 Å². The molecule has 1 aliphatic carbocycles. The number of nitrogens with two attached hydrogens (primary N) is 1. The molecule has 2 N–H and O–H groups in total. The zero-order valence-corrected chi connectivity index (χ0v) is 14.7. The van der Waals surface area contributed by atoms with Crippen molar-refractivity contribution in [1.82, 2.24) is 10.1 Å². The average molecular weight is 358 g/mol. The first-order chi connectivity index (χ1) is 11.7. The number of rotatable bonds is 5. The summed E-state index contributed by atoms with van der Waals surface area (Å²) in [7, 11) is 0. The van der Waals surface area contributed by atoms with Gasteiger partial charge in [-0.05, 0) is 36.1 Å². The highest BCUT2D eigenvalue weighted by Gasteiger charge is 2.36. The van der Waals surface area contributed by atoms with Crippen LogP contribution in [0.3, 0.4) is 0 Å². The number of hydrogen-bond donors (Lipinski definition) is 1. The van der Waals surface area contributed by atoms with Crippen LogP contribution in [-0.2, 0) is 6.54 Å². The molecule has 5 nitrogen and oxygen atoms in total. The molecule has 0 aliphatic heterocycles. The molecule has 1 saturated carbocycles. The summed E-state index contributed by atoms with van der Waals surface area (Å²) < 4.78 is 11.1. The second-order valence-electron chi connectivity index (χ2n) is 6.25. The third-order valence-electron chi connectivity index (χ3n) is 4.40. The van der Waals surface area contributed by atoms with Crippen LogP contribution in [0.5, 0.6) is 0 Å². The van der Waals surface area contributed by atoms with Gasteiger partial charge < -0.3 is 14.7 Å². The highest BCUT2D eigenvalue weighted by atomic mass is 35.5. The van der Waals surface area contributed by atoms with E-state index in [9.17, 15) is 0 Å². The van der Waals surface area contributed by atoms with Gasteiger partial charge in [-0.2, -0.15) is 4.98 Å². The van der Waals surface area contributed by atoms with Crippen molar-refractivity contribution >= 4 is 24.6 Å². The molecule has 0 radical (unpaired) electrons. The largest absolute Gasteiger partial charge is 0.461 e. The summed E-state index contributed by atoms with van der Waals surface area (Å²) in [4.78, 5) is 4.38. The molecule has 2 atom stereocenters. The zero-order valence-electron chi connectivity index (χ0n) is 13.9. The molecule has 6 heteroatoms. The van der Waals surface area contributed by atoms with Crippen molar-refractivity contribution in [2.75, 3.05) is 0 Å². The van der Waals surface area contributed by atoms with Crippen molar-refractivity contribution in [3.63, 3.8) is 0 Å². The number of furan rings is 1. The van der Waals surface area contributed by atoms with E-state index >= 15 is 0 Å². The molecule has 1 aliphatic rings. The lowest BCUT2D eigenvalue weighted by atomic mass is 10.1. The van der Waals surface area contributed by atoms with Gasteiger partial charge in [-0.15, -0.1) is 12.4 Å². The third-order valence-corrected chi connectivity index (χ3v) is 4.40. The van der Waals surface area contributed by atoms with Crippen LogP contribution < -0.4 is 5.73 Å². The van der Waals surface area contributed by atoms with Gasteiger partial charge in [0.25, 0.3) is 5.89 Å². The predicted molar refractivity (Wildman–Crippen MR) is 99.0 cm³/mol. The van der Waals surface area contributed by atoms with E-state index < -0.39 is 0 Å². The fourth-order valence-corrected chi connectivity index (χ4v) is 2.74. The van der Waals surface area contributed by atoms with E-state index in [0.717, 1.165) is 28.6 Å². The number of hydrogen-bond acceptors (Lipinski definition) is 5. The minimum Gasteiger partial charge on any atom is -0.461 e. The van der Waals surface area contributed by atoms with Gasteiger partial charge in [0.05, 0.1) is 0 Å². The first-order valence-electron chi connectivity index (χ1n) is 8.14. The van der Waals surface area contributed by atoms with Gasteiger partial charge in [0, 0.05) is 24.1 Å². The molecule has 1 fully saturated rings.